The van der Waals surface area contributed by atoms with E-state index in [-0.39, 0.29) is 12.5 Å². The molecule has 2 aromatic rings. The highest BCUT2D eigenvalue weighted by Gasteiger charge is 2.15. The first kappa shape index (κ1) is 22.9. The SMILES string of the molecule is CCCCNc1ccccc1C(=O)OCC(=O)NCC(=O)Nc1cccc(C)c1C. The molecule has 0 fully saturated rings. The summed E-state index contributed by atoms with van der Waals surface area (Å²) in [5.74, 6) is -1.49. The van der Waals surface area contributed by atoms with E-state index in [9.17, 15) is 14.4 Å². The van der Waals surface area contributed by atoms with Gasteiger partial charge in [0.15, 0.2) is 6.61 Å². The van der Waals surface area contributed by atoms with E-state index in [0.717, 1.165) is 30.5 Å². The summed E-state index contributed by atoms with van der Waals surface area (Å²) in [5, 5.41) is 8.42. The van der Waals surface area contributed by atoms with E-state index >= 15 is 0 Å². The molecule has 2 aromatic carbocycles. The minimum absolute atomic E-state index is 0.209. The Kier molecular flexibility index (Phi) is 8.87. The van der Waals surface area contributed by atoms with Crippen LogP contribution in [0.2, 0.25) is 0 Å². The molecule has 2 amide bonds. The standard InChI is InChI=1S/C23H29N3O4/c1-4-5-13-24-20-11-7-6-10-18(20)23(29)30-15-22(28)25-14-21(27)26-19-12-8-9-16(2)17(19)3/h6-12,24H,4-5,13-15H2,1-3H3,(H,25,28)(H,26,27). The van der Waals surface area contributed by atoms with Crippen molar-refractivity contribution in [3.8, 4) is 0 Å². The summed E-state index contributed by atoms with van der Waals surface area (Å²) in [5.41, 5.74) is 3.77. The van der Waals surface area contributed by atoms with Crippen molar-refractivity contribution in [3.63, 3.8) is 0 Å². The molecule has 0 radical (unpaired) electrons. The molecule has 0 spiro atoms. The van der Waals surface area contributed by atoms with Crippen LogP contribution in [-0.2, 0) is 14.3 Å². The molecule has 7 heteroatoms. The van der Waals surface area contributed by atoms with Gasteiger partial charge in [-0.1, -0.05) is 37.6 Å². The van der Waals surface area contributed by atoms with Gasteiger partial charge in [0.05, 0.1) is 12.1 Å². The molecule has 0 bridgehead atoms. The van der Waals surface area contributed by atoms with Crippen LogP contribution >= 0.6 is 0 Å². The number of carbonyl (C=O) groups excluding carboxylic acids is 3. The molecule has 0 atom stereocenters. The molecule has 7 nitrogen and oxygen atoms in total. The van der Waals surface area contributed by atoms with Crippen molar-refractivity contribution in [2.24, 2.45) is 0 Å². The zero-order valence-electron chi connectivity index (χ0n) is 17.7. The largest absolute Gasteiger partial charge is 0.452 e. The zero-order chi connectivity index (χ0) is 21.9. The van der Waals surface area contributed by atoms with Gasteiger partial charge >= 0.3 is 5.97 Å². The number of ether oxygens (including phenoxy) is 1. The molecule has 2 rings (SSSR count). The number of benzene rings is 2. The van der Waals surface area contributed by atoms with Crippen molar-refractivity contribution >= 4 is 29.2 Å². The van der Waals surface area contributed by atoms with Crippen LogP contribution in [0.1, 0.15) is 41.3 Å². The molecule has 0 unspecified atom stereocenters. The first-order valence-electron chi connectivity index (χ1n) is 10.0. The Morgan fingerprint density at radius 1 is 0.933 bits per heavy atom. The molecule has 0 heterocycles. The van der Waals surface area contributed by atoms with E-state index in [1.165, 1.54) is 0 Å². The highest BCUT2D eigenvalue weighted by Crippen LogP contribution is 2.18. The Balaban J connectivity index is 1.80. The number of nitrogens with one attached hydrogen (secondary N) is 3. The van der Waals surface area contributed by atoms with Crippen molar-refractivity contribution in [1.82, 2.24) is 5.32 Å². The fraction of sp³-hybridized carbons (Fsp3) is 0.348. The number of para-hydroxylation sites is 1. The van der Waals surface area contributed by atoms with Gasteiger partial charge in [0.2, 0.25) is 5.91 Å². The van der Waals surface area contributed by atoms with Crippen LogP contribution in [0, 0.1) is 13.8 Å². The normalized spacial score (nSPS) is 10.2. The molecule has 0 aliphatic heterocycles. The average molecular weight is 412 g/mol. The fourth-order valence-corrected chi connectivity index (χ4v) is 2.73. The summed E-state index contributed by atoms with van der Waals surface area (Å²) in [6, 6.07) is 12.6. The lowest BCUT2D eigenvalue weighted by Crippen LogP contribution is -2.35. The fourth-order valence-electron chi connectivity index (χ4n) is 2.73. The lowest BCUT2D eigenvalue weighted by atomic mass is 10.1. The van der Waals surface area contributed by atoms with Gasteiger partial charge in [-0.05, 0) is 49.6 Å². The third kappa shape index (κ3) is 6.92. The number of hydrogen-bond acceptors (Lipinski definition) is 5. The van der Waals surface area contributed by atoms with Gasteiger partial charge in [-0.3, -0.25) is 9.59 Å². The maximum atomic E-state index is 12.3. The van der Waals surface area contributed by atoms with Crippen LogP contribution in [-0.4, -0.2) is 37.5 Å². The quantitative estimate of drug-likeness (QED) is 0.411. The van der Waals surface area contributed by atoms with Gasteiger partial charge in [0.1, 0.15) is 0 Å². The number of anilines is 2. The van der Waals surface area contributed by atoms with E-state index in [4.69, 9.17) is 4.74 Å². The molecule has 0 saturated carbocycles. The number of hydrogen-bond donors (Lipinski definition) is 3. The molecular formula is C23H29N3O4. The third-order valence-corrected chi connectivity index (χ3v) is 4.65. The predicted octanol–water partition coefficient (Wildman–Crippen LogP) is 3.43. The van der Waals surface area contributed by atoms with Crippen LogP contribution in [0.4, 0.5) is 11.4 Å². The minimum atomic E-state index is -0.593. The predicted molar refractivity (Wildman–Crippen MR) is 118 cm³/mol. The second kappa shape index (κ2) is 11.6. The van der Waals surface area contributed by atoms with Crippen molar-refractivity contribution in [2.75, 3.05) is 30.3 Å². The molecule has 0 aliphatic carbocycles. The topological polar surface area (TPSA) is 96.5 Å². The molecular weight excluding hydrogens is 382 g/mol. The molecule has 160 valence electrons. The van der Waals surface area contributed by atoms with E-state index in [1.54, 1.807) is 24.3 Å². The van der Waals surface area contributed by atoms with Gasteiger partial charge in [0, 0.05) is 17.9 Å². The van der Waals surface area contributed by atoms with Crippen LogP contribution < -0.4 is 16.0 Å². The summed E-state index contributed by atoms with van der Waals surface area (Å²) in [7, 11) is 0. The monoisotopic (exact) mass is 411 g/mol. The molecule has 0 aliphatic rings. The van der Waals surface area contributed by atoms with Crippen molar-refractivity contribution in [3.05, 3.63) is 59.2 Å². The summed E-state index contributed by atoms with van der Waals surface area (Å²) >= 11 is 0. The lowest BCUT2D eigenvalue weighted by Gasteiger charge is -2.12. The van der Waals surface area contributed by atoms with Crippen molar-refractivity contribution in [1.29, 1.82) is 0 Å². The van der Waals surface area contributed by atoms with Gasteiger partial charge in [-0.25, -0.2) is 4.79 Å². The number of carbonyl (C=O) groups is 3. The average Bonchev–Trinajstić information content (AvgIpc) is 2.74. The number of esters is 1. The Morgan fingerprint density at radius 3 is 2.43 bits per heavy atom. The maximum Gasteiger partial charge on any atom is 0.340 e. The van der Waals surface area contributed by atoms with Gasteiger partial charge in [-0.15, -0.1) is 0 Å². The van der Waals surface area contributed by atoms with Crippen molar-refractivity contribution < 1.29 is 19.1 Å². The van der Waals surface area contributed by atoms with Gasteiger partial charge in [0.25, 0.3) is 5.91 Å². The third-order valence-electron chi connectivity index (χ3n) is 4.65. The first-order chi connectivity index (χ1) is 14.4. The Labute approximate surface area is 177 Å². The van der Waals surface area contributed by atoms with Crippen molar-refractivity contribution in [2.45, 2.75) is 33.6 Å². The van der Waals surface area contributed by atoms with E-state index in [0.29, 0.717) is 16.9 Å². The Morgan fingerprint density at radius 2 is 1.67 bits per heavy atom. The zero-order valence-corrected chi connectivity index (χ0v) is 17.7. The smallest absolute Gasteiger partial charge is 0.340 e. The first-order valence-corrected chi connectivity index (χ1v) is 10.0. The second-order valence-corrected chi connectivity index (χ2v) is 6.97. The lowest BCUT2D eigenvalue weighted by molar-refractivity contribution is -0.126. The molecule has 30 heavy (non-hydrogen) atoms. The van der Waals surface area contributed by atoms with Gasteiger partial charge in [-0.2, -0.15) is 0 Å². The Bertz CT molecular complexity index is 896. The van der Waals surface area contributed by atoms with E-state index in [2.05, 4.69) is 22.9 Å². The summed E-state index contributed by atoms with van der Waals surface area (Å²) in [6.45, 7) is 6.04. The summed E-state index contributed by atoms with van der Waals surface area (Å²) in [4.78, 5) is 36.4. The number of aryl methyl sites for hydroxylation is 1. The second-order valence-electron chi connectivity index (χ2n) is 6.97. The van der Waals surface area contributed by atoms with Crippen LogP contribution in [0.25, 0.3) is 0 Å². The number of unbranched alkanes of at least 4 members (excludes halogenated alkanes) is 1. The molecule has 0 saturated heterocycles. The van der Waals surface area contributed by atoms with E-state index in [1.807, 2.05) is 32.0 Å². The highest BCUT2D eigenvalue weighted by atomic mass is 16.5. The van der Waals surface area contributed by atoms with Gasteiger partial charge < -0.3 is 20.7 Å². The van der Waals surface area contributed by atoms with Crippen LogP contribution in [0.5, 0.6) is 0 Å². The summed E-state index contributed by atoms with van der Waals surface area (Å²) in [6.07, 6.45) is 2.02. The Hall–Kier alpha value is -3.35. The van der Waals surface area contributed by atoms with E-state index < -0.39 is 18.5 Å². The highest BCUT2D eigenvalue weighted by molar-refractivity contribution is 5.98. The van der Waals surface area contributed by atoms with Crippen LogP contribution in [0.3, 0.4) is 0 Å². The molecule has 3 N–H and O–H groups in total. The number of rotatable bonds is 10. The summed E-state index contributed by atoms with van der Waals surface area (Å²) < 4.78 is 5.10. The maximum absolute atomic E-state index is 12.3. The van der Waals surface area contributed by atoms with Crippen LogP contribution in [0.15, 0.2) is 42.5 Å². The number of amides is 2. The molecule has 0 aromatic heterocycles. The minimum Gasteiger partial charge on any atom is -0.452 e.